The predicted molar refractivity (Wildman–Crippen MR) is 68.6 cm³/mol. The predicted octanol–water partition coefficient (Wildman–Crippen LogP) is 1.33. The first-order valence-electron chi connectivity index (χ1n) is 6.04. The van der Waals surface area contributed by atoms with Crippen LogP contribution in [0.25, 0.3) is 0 Å². The van der Waals surface area contributed by atoms with Crippen molar-refractivity contribution in [2.45, 2.75) is 25.4 Å². The lowest BCUT2D eigenvalue weighted by Gasteiger charge is -2.33. The number of rotatable bonds is 3. The Labute approximate surface area is 97.6 Å². The van der Waals surface area contributed by atoms with E-state index in [9.17, 15) is 0 Å². The molecule has 1 aromatic rings. The summed E-state index contributed by atoms with van der Waals surface area (Å²) in [7, 11) is 2.05. The van der Waals surface area contributed by atoms with Gasteiger partial charge in [-0.25, -0.2) is 0 Å². The Balaban J connectivity index is 1.97. The van der Waals surface area contributed by atoms with Crippen molar-refractivity contribution in [1.82, 2.24) is 5.32 Å². The Bertz CT molecular complexity index is 312. The van der Waals surface area contributed by atoms with Crippen LogP contribution in [0.3, 0.4) is 0 Å². The molecule has 1 aromatic carbocycles. The number of benzene rings is 1. The van der Waals surface area contributed by atoms with Crippen LogP contribution in [0.1, 0.15) is 18.4 Å². The monoisotopic (exact) mass is 219 g/mol. The van der Waals surface area contributed by atoms with Crippen LogP contribution in [0.5, 0.6) is 0 Å². The van der Waals surface area contributed by atoms with Crippen molar-refractivity contribution < 1.29 is 0 Å². The fraction of sp³-hybridized carbons (Fsp3) is 0.538. The molecule has 1 aliphatic rings. The molecule has 1 fully saturated rings. The minimum Gasteiger partial charge on any atom is -0.371 e. The van der Waals surface area contributed by atoms with Gasteiger partial charge in [0.2, 0.25) is 0 Å². The van der Waals surface area contributed by atoms with Gasteiger partial charge in [-0.05, 0) is 37.6 Å². The standard InChI is InChI=1S/C13H21N3/c1-15-12-6-8-16(9-7-12)13-4-2-11(10-14)3-5-13/h2-5,12,15H,6-10,14H2,1H3. The highest BCUT2D eigenvalue weighted by atomic mass is 15.1. The second-order valence-corrected chi connectivity index (χ2v) is 4.42. The lowest BCUT2D eigenvalue weighted by molar-refractivity contribution is 0.442. The molecule has 2 rings (SSSR count). The summed E-state index contributed by atoms with van der Waals surface area (Å²) >= 11 is 0. The first-order chi connectivity index (χ1) is 7.83. The van der Waals surface area contributed by atoms with E-state index in [4.69, 9.17) is 5.73 Å². The van der Waals surface area contributed by atoms with Crippen molar-refractivity contribution in [3.05, 3.63) is 29.8 Å². The van der Waals surface area contributed by atoms with Gasteiger partial charge in [0.1, 0.15) is 0 Å². The molecule has 3 N–H and O–H groups in total. The number of nitrogens with two attached hydrogens (primary N) is 1. The van der Waals surface area contributed by atoms with Gasteiger partial charge < -0.3 is 16.0 Å². The van der Waals surface area contributed by atoms with E-state index in [1.165, 1.54) is 24.1 Å². The highest BCUT2D eigenvalue weighted by Gasteiger charge is 2.17. The van der Waals surface area contributed by atoms with Crippen LogP contribution in [0, 0.1) is 0 Å². The number of piperidine rings is 1. The number of hydrogen-bond acceptors (Lipinski definition) is 3. The summed E-state index contributed by atoms with van der Waals surface area (Å²) in [4.78, 5) is 2.45. The maximum atomic E-state index is 5.59. The fourth-order valence-electron chi connectivity index (χ4n) is 2.27. The molecule has 0 aromatic heterocycles. The quantitative estimate of drug-likeness (QED) is 0.806. The van der Waals surface area contributed by atoms with E-state index < -0.39 is 0 Å². The Morgan fingerprint density at radius 3 is 2.38 bits per heavy atom. The van der Waals surface area contributed by atoms with E-state index in [2.05, 4.69) is 41.5 Å². The molecular weight excluding hydrogens is 198 g/mol. The van der Waals surface area contributed by atoms with Crippen molar-refractivity contribution in [2.75, 3.05) is 25.0 Å². The van der Waals surface area contributed by atoms with Crippen LogP contribution in [0.15, 0.2) is 24.3 Å². The molecule has 3 nitrogen and oxygen atoms in total. The second-order valence-electron chi connectivity index (χ2n) is 4.42. The van der Waals surface area contributed by atoms with Crippen molar-refractivity contribution in [1.29, 1.82) is 0 Å². The Hall–Kier alpha value is -1.06. The van der Waals surface area contributed by atoms with E-state index in [1.54, 1.807) is 0 Å². The van der Waals surface area contributed by atoms with Gasteiger partial charge in [-0.3, -0.25) is 0 Å². The van der Waals surface area contributed by atoms with Crippen molar-refractivity contribution in [2.24, 2.45) is 5.73 Å². The van der Waals surface area contributed by atoms with Crippen LogP contribution < -0.4 is 16.0 Å². The number of hydrogen-bond donors (Lipinski definition) is 2. The summed E-state index contributed by atoms with van der Waals surface area (Å²) in [6.07, 6.45) is 2.46. The largest absolute Gasteiger partial charge is 0.371 e. The topological polar surface area (TPSA) is 41.3 Å². The van der Waals surface area contributed by atoms with Gasteiger partial charge in [0, 0.05) is 31.4 Å². The van der Waals surface area contributed by atoms with E-state index in [1.807, 2.05) is 0 Å². The molecule has 0 unspecified atom stereocenters. The number of nitrogens with one attached hydrogen (secondary N) is 1. The van der Waals surface area contributed by atoms with E-state index >= 15 is 0 Å². The highest BCUT2D eigenvalue weighted by Crippen LogP contribution is 2.20. The first-order valence-corrected chi connectivity index (χ1v) is 6.04. The van der Waals surface area contributed by atoms with Crippen molar-refractivity contribution in [3.8, 4) is 0 Å². The smallest absolute Gasteiger partial charge is 0.0366 e. The minimum atomic E-state index is 0.627. The van der Waals surface area contributed by atoms with Crippen molar-refractivity contribution >= 4 is 5.69 Å². The lowest BCUT2D eigenvalue weighted by Crippen LogP contribution is -2.41. The molecule has 1 aliphatic heterocycles. The third-order valence-electron chi connectivity index (χ3n) is 3.44. The first kappa shape index (κ1) is 11.4. The summed E-state index contributed by atoms with van der Waals surface area (Å²) < 4.78 is 0. The third-order valence-corrected chi connectivity index (χ3v) is 3.44. The molecule has 88 valence electrons. The van der Waals surface area contributed by atoms with Crippen molar-refractivity contribution in [3.63, 3.8) is 0 Å². The van der Waals surface area contributed by atoms with Gasteiger partial charge in [-0.1, -0.05) is 12.1 Å². The molecule has 0 atom stereocenters. The van der Waals surface area contributed by atoms with Crippen LogP contribution in [-0.2, 0) is 6.54 Å². The maximum Gasteiger partial charge on any atom is 0.0366 e. The van der Waals surface area contributed by atoms with Crippen LogP contribution in [-0.4, -0.2) is 26.2 Å². The Morgan fingerprint density at radius 1 is 1.25 bits per heavy atom. The summed E-state index contributed by atoms with van der Waals surface area (Å²) in [5.74, 6) is 0. The molecule has 0 spiro atoms. The molecule has 0 saturated carbocycles. The lowest BCUT2D eigenvalue weighted by atomic mass is 10.0. The van der Waals surface area contributed by atoms with Gasteiger partial charge in [0.05, 0.1) is 0 Å². The molecule has 0 aliphatic carbocycles. The second kappa shape index (κ2) is 5.32. The summed E-state index contributed by atoms with van der Waals surface area (Å²) in [6, 6.07) is 9.31. The number of anilines is 1. The summed E-state index contributed by atoms with van der Waals surface area (Å²) in [6.45, 7) is 2.92. The summed E-state index contributed by atoms with van der Waals surface area (Å²) in [5.41, 5.74) is 8.12. The average molecular weight is 219 g/mol. The average Bonchev–Trinajstić information content (AvgIpc) is 2.39. The fourth-order valence-corrected chi connectivity index (χ4v) is 2.27. The van der Waals surface area contributed by atoms with E-state index in [0.29, 0.717) is 12.6 Å². The molecule has 1 saturated heterocycles. The molecule has 0 bridgehead atoms. The molecule has 3 heteroatoms. The molecule has 16 heavy (non-hydrogen) atoms. The summed E-state index contributed by atoms with van der Waals surface area (Å²) in [5, 5.41) is 3.35. The number of nitrogens with zero attached hydrogens (tertiary/aromatic N) is 1. The zero-order valence-electron chi connectivity index (χ0n) is 9.95. The highest BCUT2D eigenvalue weighted by molar-refractivity contribution is 5.48. The van der Waals surface area contributed by atoms with Gasteiger partial charge in [0.15, 0.2) is 0 Å². The third kappa shape index (κ3) is 2.54. The van der Waals surface area contributed by atoms with Crippen LogP contribution in [0.2, 0.25) is 0 Å². The van der Waals surface area contributed by atoms with E-state index in [0.717, 1.165) is 13.1 Å². The van der Waals surface area contributed by atoms with Gasteiger partial charge in [-0.15, -0.1) is 0 Å². The Kier molecular flexibility index (Phi) is 3.80. The maximum absolute atomic E-state index is 5.59. The SMILES string of the molecule is CNC1CCN(c2ccc(CN)cc2)CC1. The van der Waals surface area contributed by atoms with Gasteiger partial charge in [0.25, 0.3) is 0 Å². The minimum absolute atomic E-state index is 0.627. The zero-order chi connectivity index (χ0) is 11.4. The van der Waals surface area contributed by atoms with Crippen LogP contribution in [0.4, 0.5) is 5.69 Å². The normalized spacial score (nSPS) is 17.8. The zero-order valence-corrected chi connectivity index (χ0v) is 9.95. The molecule has 1 heterocycles. The van der Waals surface area contributed by atoms with Crippen LogP contribution >= 0.6 is 0 Å². The molecule has 0 radical (unpaired) electrons. The molecule has 0 amide bonds. The van der Waals surface area contributed by atoms with Gasteiger partial charge >= 0.3 is 0 Å². The molecular formula is C13H21N3. The van der Waals surface area contributed by atoms with E-state index in [-0.39, 0.29) is 0 Å². The Morgan fingerprint density at radius 2 is 1.88 bits per heavy atom. The van der Waals surface area contributed by atoms with Gasteiger partial charge in [-0.2, -0.15) is 0 Å².